The number of rotatable bonds is 6. The van der Waals surface area contributed by atoms with Crippen molar-refractivity contribution in [2.75, 3.05) is 17.2 Å². The average molecular weight is 325 g/mol. The summed E-state index contributed by atoms with van der Waals surface area (Å²) in [5.41, 5.74) is 1.68. The van der Waals surface area contributed by atoms with Gasteiger partial charge in [-0.2, -0.15) is 4.98 Å². The van der Waals surface area contributed by atoms with Crippen molar-refractivity contribution in [3.63, 3.8) is 0 Å². The predicted octanol–water partition coefficient (Wildman–Crippen LogP) is 5.05. The second-order valence-electron chi connectivity index (χ2n) is 4.78. The number of nitrogens with one attached hydrogen (secondary N) is 2. The molecule has 0 fully saturated rings. The highest BCUT2D eigenvalue weighted by molar-refractivity contribution is 6.35. The van der Waals surface area contributed by atoms with E-state index in [9.17, 15) is 0 Å². The van der Waals surface area contributed by atoms with Gasteiger partial charge in [-0.3, -0.25) is 0 Å². The van der Waals surface area contributed by atoms with Gasteiger partial charge in [0.1, 0.15) is 5.82 Å². The molecule has 0 amide bonds. The van der Waals surface area contributed by atoms with Gasteiger partial charge in [0.25, 0.3) is 0 Å². The van der Waals surface area contributed by atoms with E-state index in [1.165, 1.54) is 0 Å². The maximum atomic E-state index is 5.99. The number of anilines is 3. The fourth-order valence-corrected chi connectivity index (χ4v) is 2.39. The van der Waals surface area contributed by atoms with E-state index in [0.29, 0.717) is 21.8 Å². The molecule has 21 heavy (non-hydrogen) atoms. The number of halogens is 2. The Morgan fingerprint density at radius 1 is 1.05 bits per heavy atom. The van der Waals surface area contributed by atoms with E-state index >= 15 is 0 Å². The normalized spacial score (nSPS) is 10.5. The van der Waals surface area contributed by atoms with E-state index in [1.54, 1.807) is 18.2 Å². The smallest absolute Gasteiger partial charge is 0.224 e. The Balaban J connectivity index is 2.15. The van der Waals surface area contributed by atoms with Crippen molar-refractivity contribution in [2.24, 2.45) is 0 Å². The van der Waals surface area contributed by atoms with Crippen LogP contribution >= 0.6 is 23.2 Å². The first kappa shape index (κ1) is 15.9. The SMILES string of the molecule is CCCCNc1nc(C)cc(Nc2cc(Cl)cc(Cl)c2)n1. The number of hydrogen-bond donors (Lipinski definition) is 2. The van der Waals surface area contributed by atoms with Gasteiger partial charge in [0.15, 0.2) is 0 Å². The zero-order valence-electron chi connectivity index (χ0n) is 12.1. The molecule has 112 valence electrons. The van der Waals surface area contributed by atoms with Gasteiger partial charge in [0.05, 0.1) is 0 Å². The summed E-state index contributed by atoms with van der Waals surface area (Å²) in [5, 5.41) is 7.58. The third kappa shape index (κ3) is 5.06. The molecule has 0 saturated carbocycles. The third-order valence-corrected chi connectivity index (χ3v) is 3.24. The second-order valence-corrected chi connectivity index (χ2v) is 5.65. The maximum Gasteiger partial charge on any atom is 0.224 e. The Hall–Kier alpha value is -1.52. The Morgan fingerprint density at radius 3 is 2.43 bits per heavy atom. The molecule has 4 nitrogen and oxygen atoms in total. The van der Waals surface area contributed by atoms with Gasteiger partial charge in [-0.1, -0.05) is 36.5 Å². The van der Waals surface area contributed by atoms with Crippen molar-refractivity contribution in [1.29, 1.82) is 0 Å². The minimum absolute atomic E-state index is 0.581. The van der Waals surface area contributed by atoms with E-state index in [2.05, 4.69) is 27.5 Å². The minimum atomic E-state index is 0.581. The summed E-state index contributed by atoms with van der Waals surface area (Å²) in [7, 11) is 0. The van der Waals surface area contributed by atoms with Gasteiger partial charge >= 0.3 is 0 Å². The molecular formula is C15H18Cl2N4. The molecule has 1 aromatic carbocycles. The van der Waals surface area contributed by atoms with Crippen LogP contribution in [0.2, 0.25) is 10.0 Å². The molecule has 6 heteroatoms. The molecule has 1 heterocycles. The van der Waals surface area contributed by atoms with Crippen molar-refractivity contribution < 1.29 is 0 Å². The van der Waals surface area contributed by atoms with Crippen molar-refractivity contribution in [1.82, 2.24) is 9.97 Å². The number of benzene rings is 1. The van der Waals surface area contributed by atoms with Crippen LogP contribution in [-0.2, 0) is 0 Å². The highest BCUT2D eigenvalue weighted by Gasteiger charge is 2.04. The van der Waals surface area contributed by atoms with Crippen LogP contribution in [0, 0.1) is 6.92 Å². The molecule has 0 aliphatic carbocycles. The third-order valence-electron chi connectivity index (χ3n) is 2.80. The summed E-state index contributed by atoms with van der Waals surface area (Å²) >= 11 is 12.0. The number of unbranched alkanes of at least 4 members (excludes halogenated alkanes) is 1. The lowest BCUT2D eigenvalue weighted by atomic mass is 10.3. The zero-order valence-corrected chi connectivity index (χ0v) is 13.6. The van der Waals surface area contributed by atoms with Crippen molar-refractivity contribution in [3.8, 4) is 0 Å². The highest BCUT2D eigenvalue weighted by atomic mass is 35.5. The maximum absolute atomic E-state index is 5.99. The van der Waals surface area contributed by atoms with Gasteiger partial charge in [-0.05, 0) is 31.5 Å². The van der Waals surface area contributed by atoms with Crippen molar-refractivity contribution in [3.05, 3.63) is 40.0 Å². The first-order chi connectivity index (χ1) is 10.1. The fourth-order valence-electron chi connectivity index (χ4n) is 1.86. The van der Waals surface area contributed by atoms with Crippen LogP contribution in [0.5, 0.6) is 0 Å². The lowest BCUT2D eigenvalue weighted by Gasteiger charge is -2.10. The fraction of sp³-hybridized carbons (Fsp3) is 0.333. The molecule has 0 radical (unpaired) electrons. The summed E-state index contributed by atoms with van der Waals surface area (Å²) in [6.07, 6.45) is 2.22. The number of nitrogens with zero attached hydrogens (tertiary/aromatic N) is 2. The Labute approximate surface area is 134 Å². The molecule has 2 N–H and O–H groups in total. The summed E-state index contributed by atoms with van der Waals surface area (Å²) < 4.78 is 0. The average Bonchev–Trinajstić information content (AvgIpc) is 2.37. The van der Waals surface area contributed by atoms with Gasteiger partial charge in [0.2, 0.25) is 5.95 Å². The van der Waals surface area contributed by atoms with Crippen LogP contribution in [0.1, 0.15) is 25.5 Å². The summed E-state index contributed by atoms with van der Waals surface area (Å²) in [6.45, 7) is 4.94. The van der Waals surface area contributed by atoms with Crippen molar-refractivity contribution >= 4 is 40.7 Å². The van der Waals surface area contributed by atoms with Crippen LogP contribution < -0.4 is 10.6 Å². The van der Waals surface area contributed by atoms with Gasteiger partial charge < -0.3 is 10.6 Å². The molecule has 0 unspecified atom stereocenters. The number of hydrogen-bond acceptors (Lipinski definition) is 4. The molecule has 0 spiro atoms. The van der Waals surface area contributed by atoms with E-state index < -0.39 is 0 Å². The minimum Gasteiger partial charge on any atom is -0.354 e. The quantitative estimate of drug-likeness (QED) is 0.730. The van der Waals surface area contributed by atoms with Crippen LogP contribution in [0.15, 0.2) is 24.3 Å². The summed E-state index contributed by atoms with van der Waals surface area (Å²) in [4.78, 5) is 8.81. The van der Waals surface area contributed by atoms with Crippen LogP contribution in [-0.4, -0.2) is 16.5 Å². The van der Waals surface area contributed by atoms with Gasteiger partial charge in [-0.15, -0.1) is 0 Å². The topological polar surface area (TPSA) is 49.8 Å². The van der Waals surface area contributed by atoms with E-state index in [4.69, 9.17) is 23.2 Å². The molecule has 0 atom stereocenters. The largest absolute Gasteiger partial charge is 0.354 e. The predicted molar refractivity (Wildman–Crippen MR) is 89.9 cm³/mol. The zero-order chi connectivity index (χ0) is 15.2. The van der Waals surface area contributed by atoms with Gasteiger partial charge in [-0.25, -0.2) is 4.98 Å². The first-order valence-corrected chi connectivity index (χ1v) is 7.65. The highest BCUT2D eigenvalue weighted by Crippen LogP contribution is 2.25. The number of aryl methyl sites for hydroxylation is 1. The standard InChI is InChI=1S/C15H18Cl2N4/c1-3-4-5-18-15-19-10(2)6-14(21-15)20-13-8-11(16)7-12(17)9-13/h6-9H,3-5H2,1-2H3,(H2,18,19,20,21). The molecule has 1 aromatic heterocycles. The van der Waals surface area contributed by atoms with E-state index in [1.807, 2.05) is 13.0 Å². The number of aromatic nitrogens is 2. The summed E-state index contributed by atoms with van der Waals surface area (Å²) in [5.74, 6) is 1.33. The lowest BCUT2D eigenvalue weighted by molar-refractivity contribution is 0.825. The monoisotopic (exact) mass is 324 g/mol. The Kier molecular flexibility index (Phi) is 5.65. The molecule has 2 rings (SSSR count). The molecule has 2 aromatic rings. The van der Waals surface area contributed by atoms with Crippen LogP contribution in [0.3, 0.4) is 0 Å². The van der Waals surface area contributed by atoms with Crippen LogP contribution in [0.25, 0.3) is 0 Å². The van der Waals surface area contributed by atoms with Crippen molar-refractivity contribution in [2.45, 2.75) is 26.7 Å². The van der Waals surface area contributed by atoms with E-state index in [0.717, 1.165) is 30.8 Å². The van der Waals surface area contributed by atoms with Crippen LogP contribution in [0.4, 0.5) is 17.5 Å². The lowest BCUT2D eigenvalue weighted by Crippen LogP contribution is -2.07. The van der Waals surface area contributed by atoms with E-state index in [-0.39, 0.29) is 0 Å². The molecule has 0 saturated heterocycles. The molecule has 0 bridgehead atoms. The molecular weight excluding hydrogens is 307 g/mol. The summed E-state index contributed by atoms with van der Waals surface area (Å²) in [6, 6.07) is 7.17. The first-order valence-electron chi connectivity index (χ1n) is 6.89. The van der Waals surface area contributed by atoms with Gasteiger partial charge in [0, 0.05) is 34.0 Å². The molecule has 0 aliphatic rings. The second kappa shape index (κ2) is 7.48. The molecule has 0 aliphatic heterocycles. The Morgan fingerprint density at radius 2 is 1.76 bits per heavy atom. The Bertz CT molecular complexity index is 596.